The van der Waals surface area contributed by atoms with Crippen molar-refractivity contribution in [2.24, 2.45) is 5.41 Å². The molecule has 0 aromatic heterocycles. The highest BCUT2D eigenvalue weighted by Crippen LogP contribution is 2.52. The molecule has 0 N–H and O–H groups in total. The van der Waals surface area contributed by atoms with Crippen molar-refractivity contribution in [3.63, 3.8) is 0 Å². The lowest BCUT2D eigenvalue weighted by Crippen LogP contribution is -2.42. The van der Waals surface area contributed by atoms with E-state index in [1.807, 2.05) is 25.1 Å². The van der Waals surface area contributed by atoms with Gasteiger partial charge in [0.15, 0.2) is 0 Å². The molecular weight excluding hydrogens is 215 g/mol. The Labute approximate surface area is 102 Å². The molecule has 0 aliphatic heterocycles. The van der Waals surface area contributed by atoms with Crippen LogP contribution in [0.4, 0.5) is 4.39 Å². The van der Waals surface area contributed by atoms with Gasteiger partial charge in [-0.3, -0.25) is 0 Å². The normalized spacial score (nSPS) is 19.5. The van der Waals surface area contributed by atoms with Crippen LogP contribution in [0.25, 0.3) is 0 Å². The van der Waals surface area contributed by atoms with E-state index in [4.69, 9.17) is 0 Å². The number of rotatable bonds is 3. The van der Waals surface area contributed by atoms with Crippen molar-refractivity contribution in [2.45, 2.75) is 25.3 Å². The maximum atomic E-state index is 13.9. The summed E-state index contributed by atoms with van der Waals surface area (Å²) < 4.78 is 13.9. The average Bonchev–Trinajstić information content (AvgIpc) is 2.24. The monoisotopic (exact) mass is 232 g/mol. The van der Waals surface area contributed by atoms with Crippen LogP contribution in [-0.2, 0) is 0 Å². The number of nitrogens with zero attached hydrogens (tertiary/aromatic N) is 2. The lowest BCUT2D eigenvalue weighted by Gasteiger charge is -2.45. The first-order valence-corrected chi connectivity index (χ1v) is 5.93. The SMILES string of the molecule is CN(C)C(c1ccccc1F)C1(C#N)CCC1. The van der Waals surface area contributed by atoms with Crippen LogP contribution in [0.3, 0.4) is 0 Å². The lowest BCUT2D eigenvalue weighted by atomic mass is 9.63. The van der Waals surface area contributed by atoms with E-state index in [0.717, 1.165) is 19.3 Å². The summed E-state index contributed by atoms with van der Waals surface area (Å²) >= 11 is 0. The van der Waals surface area contributed by atoms with Crippen molar-refractivity contribution in [1.82, 2.24) is 4.90 Å². The fourth-order valence-electron chi connectivity index (χ4n) is 2.77. The van der Waals surface area contributed by atoms with Crippen molar-refractivity contribution >= 4 is 0 Å². The Morgan fingerprint density at radius 3 is 2.41 bits per heavy atom. The molecular formula is C14H17FN2. The van der Waals surface area contributed by atoms with E-state index in [2.05, 4.69) is 6.07 Å². The predicted octanol–water partition coefficient (Wildman–Crippen LogP) is 3.12. The summed E-state index contributed by atoms with van der Waals surface area (Å²) in [7, 11) is 3.82. The van der Waals surface area contributed by atoms with Gasteiger partial charge >= 0.3 is 0 Å². The first-order chi connectivity index (χ1) is 8.10. The second-order valence-electron chi connectivity index (χ2n) is 5.01. The molecule has 0 heterocycles. The van der Waals surface area contributed by atoms with Gasteiger partial charge in [0.2, 0.25) is 0 Å². The predicted molar refractivity (Wildman–Crippen MR) is 64.7 cm³/mol. The van der Waals surface area contributed by atoms with E-state index in [1.165, 1.54) is 6.07 Å². The molecule has 1 aliphatic rings. The highest BCUT2D eigenvalue weighted by atomic mass is 19.1. The fraction of sp³-hybridized carbons (Fsp3) is 0.500. The van der Waals surface area contributed by atoms with Gasteiger partial charge in [-0.25, -0.2) is 4.39 Å². The molecule has 1 unspecified atom stereocenters. The zero-order chi connectivity index (χ0) is 12.5. The zero-order valence-electron chi connectivity index (χ0n) is 10.3. The molecule has 1 saturated carbocycles. The van der Waals surface area contributed by atoms with Crippen molar-refractivity contribution < 1.29 is 4.39 Å². The standard InChI is InChI=1S/C14H17FN2/c1-17(2)13(14(10-16)8-5-9-14)11-6-3-4-7-12(11)15/h3-4,6-7,13H,5,8-9H2,1-2H3. The van der Waals surface area contributed by atoms with Crippen molar-refractivity contribution in [2.75, 3.05) is 14.1 Å². The van der Waals surface area contributed by atoms with Crippen molar-refractivity contribution in [1.29, 1.82) is 5.26 Å². The minimum absolute atomic E-state index is 0.151. The van der Waals surface area contributed by atoms with Gasteiger partial charge in [0.25, 0.3) is 0 Å². The first-order valence-electron chi connectivity index (χ1n) is 5.93. The summed E-state index contributed by atoms with van der Waals surface area (Å²) in [4.78, 5) is 1.96. The van der Waals surface area contributed by atoms with E-state index in [9.17, 15) is 9.65 Å². The number of hydrogen-bond donors (Lipinski definition) is 0. The second-order valence-corrected chi connectivity index (χ2v) is 5.01. The average molecular weight is 232 g/mol. The van der Waals surface area contributed by atoms with E-state index in [-0.39, 0.29) is 11.9 Å². The maximum Gasteiger partial charge on any atom is 0.128 e. The Bertz CT molecular complexity index is 444. The Hall–Kier alpha value is -1.40. The van der Waals surface area contributed by atoms with Crippen LogP contribution in [0, 0.1) is 22.6 Å². The quantitative estimate of drug-likeness (QED) is 0.800. The van der Waals surface area contributed by atoms with E-state index in [0.29, 0.717) is 5.56 Å². The van der Waals surface area contributed by atoms with Crippen LogP contribution < -0.4 is 0 Å². The van der Waals surface area contributed by atoms with Gasteiger partial charge in [-0.05, 0) is 33.0 Å². The largest absolute Gasteiger partial charge is 0.301 e. The molecule has 3 heteroatoms. The minimum Gasteiger partial charge on any atom is -0.301 e. The van der Waals surface area contributed by atoms with Crippen LogP contribution in [0.1, 0.15) is 30.9 Å². The van der Waals surface area contributed by atoms with E-state index in [1.54, 1.807) is 12.1 Å². The minimum atomic E-state index is -0.411. The number of benzene rings is 1. The maximum absolute atomic E-state index is 13.9. The third-order valence-corrected chi connectivity index (χ3v) is 3.71. The number of hydrogen-bond acceptors (Lipinski definition) is 2. The fourth-order valence-corrected chi connectivity index (χ4v) is 2.77. The summed E-state index contributed by atoms with van der Waals surface area (Å²) in [5, 5.41) is 9.41. The second kappa shape index (κ2) is 4.46. The van der Waals surface area contributed by atoms with Crippen LogP contribution >= 0.6 is 0 Å². The summed E-state index contributed by atoms with van der Waals surface area (Å²) in [5.41, 5.74) is 0.227. The molecule has 1 aliphatic carbocycles. The summed E-state index contributed by atoms with van der Waals surface area (Å²) in [6.07, 6.45) is 2.79. The highest BCUT2D eigenvalue weighted by Gasteiger charge is 2.47. The Kier molecular flexibility index (Phi) is 3.17. The molecule has 0 spiro atoms. The topological polar surface area (TPSA) is 27.0 Å². The lowest BCUT2D eigenvalue weighted by molar-refractivity contribution is 0.0724. The zero-order valence-corrected chi connectivity index (χ0v) is 10.3. The molecule has 1 aromatic rings. The Balaban J connectivity index is 2.44. The van der Waals surface area contributed by atoms with Gasteiger partial charge < -0.3 is 4.90 Å². The number of halogens is 1. The molecule has 90 valence electrons. The Morgan fingerprint density at radius 1 is 1.35 bits per heavy atom. The number of nitriles is 1. The van der Waals surface area contributed by atoms with Gasteiger partial charge in [0.05, 0.1) is 17.5 Å². The molecule has 1 atom stereocenters. The van der Waals surface area contributed by atoms with Gasteiger partial charge in [0, 0.05) is 5.56 Å². The molecule has 1 fully saturated rings. The van der Waals surface area contributed by atoms with Gasteiger partial charge in [0.1, 0.15) is 5.82 Å². The van der Waals surface area contributed by atoms with Crippen LogP contribution in [0.15, 0.2) is 24.3 Å². The van der Waals surface area contributed by atoms with Gasteiger partial charge in [-0.2, -0.15) is 5.26 Å². The van der Waals surface area contributed by atoms with Gasteiger partial charge in [-0.15, -0.1) is 0 Å². The smallest absolute Gasteiger partial charge is 0.128 e. The first kappa shape index (κ1) is 12.1. The van der Waals surface area contributed by atoms with Crippen molar-refractivity contribution in [3.05, 3.63) is 35.6 Å². The van der Waals surface area contributed by atoms with Crippen LogP contribution in [-0.4, -0.2) is 19.0 Å². The molecule has 0 saturated heterocycles. The van der Waals surface area contributed by atoms with Crippen molar-refractivity contribution in [3.8, 4) is 6.07 Å². The Morgan fingerprint density at radius 2 is 2.00 bits per heavy atom. The van der Waals surface area contributed by atoms with E-state index >= 15 is 0 Å². The molecule has 0 radical (unpaired) electrons. The molecule has 17 heavy (non-hydrogen) atoms. The molecule has 0 amide bonds. The van der Waals surface area contributed by atoms with Crippen LogP contribution in [0.2, 0.25) is 0 Å². The summed E-state index contributed by atoms with van der Waals surface area (Å²) in [6.45, 7) is 0. The summed E-state index contributed by atoms with van der Waals surface area (Å²) in [6, 6.07) is 9.04. The molecule has 1 aromatic carbocycles. The third-order valence-electron chi connectivity index (χ3n) is 3.71. The van der Waals surface area contributed by atoms with Gasteiger partial charge in [-0.1, -0.05) is 24.6 Å². The van der Waals surface area contributed by atoms with Crippen LogP contribution in [0.5, 0.6) is 0 Å². The summed E-state index contributed by atoms with van der Waals surface area (Å²) in [5.74, 6) is -0.215. The third kappa shape index (κ3) is 1.94. The molecule has 2 rings (SSSR count). The van der Waals surface area contributed by atoms with E-state index < -0.39 is 5.41 Å². The molecule has 2 nitrogen and oxygen atoms in total. The molecule has 0 bridgehead atoms. The highest BCUT2D eigenvalue weighted by molar-refractivity contribution is 5.28.